The van der Waals surface area contributed by atoms with Gasteiger partial charge in [-0.2, -0.15) is 0 Å². The summed E-state index contributed by atoms with van der Waals surface area (Å²) in [6, 6.07) is 0.524. The summed E-state index contributed by atoms with van der Waals surface area (Å²) in [5, 5.41) is 0. The van der Waals surface area contributed by atoms with Crippen LogP contribution in [-0.4, -0.2) is 62.1 Å². The van der Waals surface area contributed by atoms with Crippen LogP contribution in [0.4, 0.5) is 0 Å². The predicted molar refractivity (Wildman–Crippen MR) is 59.7 cm³/mol. The second kappa shape index (κ2) is 5.47. The summed E-state index contributed by atoms with van der Waals surface area (Å²) in [5.41, 5.74) is 0. The Labute approximate surface area is 92.2 Å². The van der Waals surface area contributed by atoms with Crippen LogP contribution in [0.2, 0.25) is 0 Å². The molecule has 2 atom stereocenters. The number of piperazine rings is 1. The summed E-state index contributed by atoms with van der Waals surface area (Å²) >= 11 is 0. The Morgan fingerprint density at radius 3 is 2.73 bits per heavy atom. The van der Waals surface area contributed by atoms with Gasteiger partial charge in [0.25, 0.3) is 0 Å². The number of methoxy groups -OCH3 is 1. The summed E-state index contributed by atoms with van der Waals surface area (Å²) in [7, 11) is 3.59. The average Bonchev–Trinajstić information content (AvgIpc) is 2.20. The van der Waals surface area contributed by atoms with E-state index >= 15 is 0 Å². The second-order valence-electron chi connectivity index (χ2n) is 4.53. The van der Waals surface area contributed by atoms with Crippen molar-refractivity contribution in [1.82, 2.24) is 9.80 Å². The molecule has 1 heterocycles. The first-order valence-electron chi connectivity index (χ1n) is 5.55. The van der Waals surface area contributed by atoms with E-state index in [0.717, 1.165) is 26.2 Å². The Bertz CT molecular complexity index is 221. The highest BCUT2D eigenvalue weighted by Gasteiger charge is 2.25. The molecule has 0 amide bonds. The molecule has 0 aromatic carbocycles. The van der Waals surface area contributed by atoms with Crippen molar-refractivity contribution in [1.29, 1.82) is 0 Å². The molecule has 1 fully saturated rings. The highest BCUT2D eigenvalue weighted by atomic mass is 16.5. The minimum Gasteiger partial charge on any atom is -0.469 e. The van der Waals surface area contributed by atoms with Gasteiger partial charge >= 0.3 is 5.97 Å². The minimum absolute atomic E-state index is 0.0270. The number of esters is 1. The fourth-order valence-electron chi connectivity index (χ4n) is 2.08. The fraction of sp³-hybridized carbons (Fsp3) is 0.909. The third-order valence-corrected chi connectivity index (χ3v) is 3.08. The van der Waals surface area contributed by atoms with E-state index in [2.05, 4.69) is 23.8 Å². The first-order valence-corrected chi connectivity index (χ1v) is 5.55. The van der Waals surface area contributed by atoms with Crippen molar-refractivity contribution in [3.05, 3.63) is 0 Å². The fourth-order valence-corrected chi connectivity index (χ4v) is 2.08. The molecule has 0 aromatic heterocycles. The molecule has 4 nitrogen and oxygen atoms in total. The number of likely N-dealkylation sites (N-methyl/N-ethyl adjacent to an activating group) is 1. The highest BCUT2D eigenvalue weighted by Crippen LogP contribution is 2.11. The molecule has 0 aromatic rings. The average molecular weight is 214 g/mol. The van der Waals surface area contributed by atoms with Crippen LogP contribution < -0.4 is 0 Å². The van der Waals surface area contributed by atoms with E-state index in [1.54, 1.807) is 0 Å². The van der Waals surface area contributed by atoms with Gasteiger partial charge in [-0.15, -0.1) is 0 Å². The lowest BCUT2D eigenvalue weighted by molar-refractivity contribution is -0.145. The van der Waals surface area contributed by atoms with Gasteiger partial charge in [0.2, 0.25) is 0 Å². The third kappa shape index (κ3) is 3.47. The highest BCUT2D eigenvalue weighted by molar-refractivity contribution is 5.72. The normalized spacial score (nSPS) is 26.3. The summed E-state index contributed by atoms with van der Waals surface area (Å²) < 4.78 is 4.73. The molecule has 15 heavy (non-hydrogen) atoms. The quantitative estimate of drug-likeness (QED) is 0.638. The Balaban J connectivity index is 2.41. The second-order valence-corrected chi connectivity index (χ2v) is 4.53. The standard InChI is InChI=1S/C11H22N2O2/c1-9(11(14)15-4)7-13-6-5-12(3)8-10(13)2/h9-10H,5-8H2,1-4H3. The number of carbonyl (C=O) groups excluding carboxylic acids is 1. The van der Waals surface area contributed by atoms with E-state index < -0.39 is 0 Å². The van der Waals surface area contributed by atoms with Crippen LogP contribution in [0.15, 0.2) is 0 Å². The molecule has 1 aliphatic rings. The van der Waals surface area contributed by atoms with Crippen molar-refractivity contribution < 1.29 is 9.53 Å². The topological polar surface area (TPSA) is 32.8 Å². The van der Waals surface area contributed by atoms with Crippen LogP contribution in [0.1, 0.15) is 13.8 Å². The molecule has 0 aliphatic carbocycles. The van der Waals surface area contributed by atoms with Crippen molar-refractivity contribution in [2.24, 2.45) is 5.92 Å². The number of ether oxygens (including phenoxy) is 1. The predicted octanol–water partition coefficient (Wildman–Crippen LogP) is 0.431. The van der Waals surface area contributed by atoms with Gasteiger partial charge in [0.05, 0.1) is 13.0 Å². The Kier molecular flexibility index (Phi) is 4.54. The number of hydrogen-bond acceptors (Lipinski definition) is 4. The van der Waals surface area contributed by atoms with E-state index in [0.29, 0.717) is 6.04 Å². The lowest BCUT2D eigenvalue weighted by Gasteiger charge is -2.39. The van der Waals surface area contributed by atoms with Gasteiger partial charge < -0.3 is 9.64 Å². The van der Waals surface area contributed by atoms with Crippen molar-refractivity contribution in [3.63, 3.8) is 0 Å². The van der Waals surface area contributed by atoms with E-state index in [9.17, 15) is 4.79 Å². The number of rotatable bonds is 3. The van der Waals surface area contributed by atoms with Crippen LogP contribution in [-0.2, 0) is 9.53 Å². The number of carbonyl (C=O) groups is 1. The van der Waals surface area contributed by atoms with Crippen LogP contribution in [0.25, 0.3) is 0 Å². The molecule has 1 aliphatic heterocycles. The lowest BCUT2D eigenvalue weighted by atomic mass is 10.1. The molecule has 0 bridgehead atoms. The van der Waals surface area contributed by atoms with E-state index in [1.165, 1.54) is 7.11 Å². The molecule has 1 saturated heterocycles. The molecular weight excluding hydrogens is 192 g/mol. The maximum atomic E-state index is 11.3. The zero-order valence-electron chi connectivity index (χ0n) is 10.2. The number of nitrogens with zero attached hydrogens (tertiary/aromatic N) is 2. The summed E-state index contributed by atoms with van der Waals surface area (Å²) in [4.78, 5) is 16.0. The van der Waals surface area contributed by atoms with E-state index in [-0.39, 0.29) is 11.9 Å². The van der Waals surface area contributed by atoms with Crippen molar-refractivity contribution in [3.8, 4) is 0 Å². The van der Waals surface area contributed by atoms with Crippen molar-refractivity contribution >= 4 is 5.97 Å². The summed E-state index contributed by atoms with van der Waals surface area (Å²) in [6.45, 7) is 8.14. The molecule has 2 unspecified atom stereocenters. The van der Waals surface area contributed by atoms with Crippen LogP contribution >= 0.6 is 0 Å². The summed E-state index contributed by atoms with van der Waals surface area (Å²) in [5.74, 6) is -0.137. The monoisotopic (exact) mass is 214 g/mol. The van der Waals surface area contributed by atoms with Gasteiger partial charge in [0, 0.05) is 32.2 Å². The van der Waals surface area contributed by atoms with Gasteiger partial charge in [-0.3, -0.25) is 9.69 Å². The van der Waals surface area contributed by atoms with E-state index in [4.69, 9.17) is 4.74 Å². The lowest BCUT2D eigenvalue weighted by Crippen LogP contribution is -2.52. The van der Waals surface area contributed by atoms with Crippen molar-refractivity contribution in [2.75, 3.05) is 40.3 Å². The third-order valence-electron chi connectivity index (χ3n) is 3.08. The molecule has 0 spiro atoms. The van der Waals surface area contributed by atoms with Gasteiger partial charge in [-0.1, -0.05) is 6.92 Å². The van der Waals surface area contributed by atoms with Crippen LogP contribution in [0.3, 0.4) is 0 Å². The molecule has 88 valence electrons. The smallest absolute Gasteiger partial charge is 0.309 e. The molecule has 0 radical (unpaired) electrons. The first kappa shape index (κ1) is 12.5. The molecule has 4 heteroatoms. The largest absolute Gasteiger partial charge is 0.469 e. The first-order chi connectivity index (χ1) is 7.04. The zero-order chi connectivity index (χ0) is 11.4. The Morgan fingerprint density at radius 1 is 1.53 bits per heavy atom. The molecule has 1 rings (SSSR count). The van der Waals surface area contributed by atoms with Crippen LogP contribution in [0.5, 0.6) is 0 Å². The van der Waals surface area contributed by atoms with Gasteiger partial charge in [-0.05, 0) is 14.0 Å². The van der Waals surface area contributed by atoms with Gasteiger partial charge in [0.1, 0.15) is 0 Å². The van der Waals surface area contributed by atoms with Crippen LogP contribution in [0, 0.1) is 5.92 Å². The maximum absolute atomic E-state index is 11.3. The summed E-state index contributed by atoms with van der Waals surface area (Å²) in [6.07, 6.45) is 0. The maximum Gasteiger partial charge on any atom is 0.309 e. The minimum atomic E-state index is -0.110. The van der Waals surface area contributed by atoms with Gasteiger partial charge in [-0.25, -0.2) is 0 Å². The number of hydrogen-bond donors (Lipinski definition) is 0. The zero-order valence-corrected chi connectivity index (χ0v) is 10.2. The Morgan fingerprint density at radius 2 is 2.20 bits per heavy atom. The van der Waals surface area contributed by atoms with Crippen molar-refractivity contribution in [2.45, 2.75) is 19.9 Å². The molecular formula is C11H22N2O2. The Hall–Kier alpha value is -0.610. The SMILES string of the molecule is COC(=O)C(C)CN1CCN(C)CC1C. The molecule has 0 N–H and O–H groups in total. The van der Waals surface area contributed by atoms with E-state index in [1.807, 2.05) is 6.92 Å². The van der Waals surface area contributed by atoms with Gasteiger partial charge in [0.15, 0.2) is 0 Å². The molecule has 0 saturated carbocycles.